The van der Waals surface area contributed by atoms with Crippen LogP contribution in [0.15, 0.2) is 82.6 Å². The van der Waals surface area contributed by atoms with Crippen molar-refractivity contribution in [1.82, 2.24) is 0 Å². The number of para-hydroxylation sites is 1. The SMILES string of the molecule is CSc1ccc(S(=O)(=O)Nc2ccc(Oc3ccccc3)cc2)cc1NC(C)=O. The quantitative estimate of drug-likeness (QED) is 0.520. The molecule has 0 aromatic heterocycles. The summed E-state index contributed by atoms with van der Waals surface area (Å²) in [6.45, 7) is 1.38. The number of amides is 1. The molecule has 0 bridgehead atoms. The van der Waals surface area contributed by atoms with E-state index in [1.807, 2.05) is 36.6 Å². The van der Waals surface area contributed by atoms with E-state index in [-0.39, 0.29) is 10.8 Å². The molecule has 0 saturated carbocycles. The highest BCUT2D eigenvalue weighted by Crippen LogP contribution is 2.29. The first-order valence-corrected chi connectivity index (χ1v) is 11.4. The lowest BCUT2D eigenvalue weighted by Crippen LogP contribution is -2.14. The van der Waals surface area contributed by atoms with Crippen molar-refractivity contribution in [3.63, 3.8) is 0 Å². The third-order valence-corrected chi connectivity index (χ3v) is 6.05. The number of rotatable bonds is 7. The number of carbonyl (C=O) groups excluding carboxylic acids is 1. The topological polar surface area (TPSA) is 84.5 Å². The van der Waals surface area contributed by atoms with E-state index in [9.17, 15) is 13.2 Å². The zero-order valence-electron chi connectivity index (χ0n) is 15.9. The van der Waals surface area contributed by atoms with Crippen LogP contribution in [-0.2, 0) is 14.8 Å². The number of hydrogen-bond donors (Lipinski definition) is 2. The Morgan fingerprint density at radius 1 is 0.931 bits per heavy atom. The number of anilines is 2. The Morgan fingerprint density at radius 2 is 1.59 bits per heavy atom. The van der Waals surface area contributed by atoms with E-state index in [1.165, 1.54) is 30.8 Å². The number of nitrogens with one attached hydrogen (secondary N) is 2. The van der Waals surface area contributed by atoms with Gasteiger partial charge in [-0.2, -0.15) is 0 Å². The van der Waals surface area contributed by atoms with Gasteiger partial charge in [0.15, 0.2) is 0 Å². The Kier molecular flexibility index (Phi) is 6.46. The van der Waals surface area contributed by atoms with Gasteiger partial charge in [-0.15, -0.1) is 11.8 Å². The van der Waals surface area contributed by atoms with E-state index >= 15 is 0 Å². The molecule has 0 aliphatic heterocycles. The minimum absolute atomic E-state index is 0.0589. The van der Waals surface area contributed by atoms with Crippen LogP contribution in [0, 0.1) is 0 Å². The molecule has 0 unspecified atom stereocenters. The summed E-state index contributed by atoms with van der Waals surface area (Å²) in [5.41, 5.74) is 0.861. The second kappa shape index (κ2) is 9.02. The van der Waals surface area contributed by atoms with Crippen LogP contribution < -0.4 is 14.8 Å². The summed E-state index contributed by atoms with van der Waals surface area (Å²) in [6, 6.07) is 20.5. The van der Waals surface area contributed by atoms with Gasteiger partial charge in [-0.05, 0) is 60.9 Å². The molecule has 1 amide bonds. The summed E-state index contributed by atoms with van der Waals surface area (Å²) in [5, 5.41) is 2.66. The standard InChI is InChI=1S/C21H20N2O4S2/c1-15(24)22-20-14-19(12-13-21(20)28-2)29(25,26)23-16-8-10-18(11-9-16)27-17-6-4-3-5-7-17/h3-14,23H,1-2H3,(H,22,24). The lowest BCUT2D eigenvalue weighted by atomic mass is 10.3. The van der Waals surface area contributed by atoms with Crippen LogP contribution in [0.4, 0.5) is 11.4 Å². The largest absolute Gasteiger partial charge is 0.457 e. The second-order valence-electron chi connectivity index (χ2n) is 6.09. The van der Waals surface area contributed by atoms with Gasteiger partial charge < -0.3 is 10.1 Å². The first kappa shape index (κ1) is 20.8. The highest BCUT2D eigenvalue weighted by Gasteiger charge is 2.17. The normalized spacial score (nSPS) is 11.0. The number of thioether (sulfide) groups is 1. The molecular weight excluding hydrogens is 408 g/mol. The molecule has 6 nitrogen and oxygen atoms in total. The maximum atomic E-state index is 12.8. The van der Waals surface area contributed by atoms with Crippen LogP contribution in [0.1, 0.15) is 6.92 Å². The number of ether oxygens (including phenoxy) is 1. The average molecular weight is 429 g/mol. The highest BCUT2D eigenvalue weighted by atomic mass is 32.2. The maximum absolute atomic E-state index is 12.8. The number of sulfonamides is 1. The molecule has 3 aromatic carbocycles. The summed E-state index contributed by atoms with van der Waals surface area (Å²) >= 11 is 1.42. The molecule has 150 valence electrons. The van der Waals surface area contributed by atoms with Crippen molar-refractivity contribution in [2.45, 2.75) is 16.7 Å². The fraction of sp³-hybridized carbons (Fsp3) is 0.0952. The van der Waals surface area contributed by atoms with E-state index < -0.39 is 10.0 Å². The summed E-state index contributed by atoms with van der Waals surface area (Å²) in [5.74, 6) is 1.02. The zero-order valence-corrected chi connectivity index (χ0v) is 17.5. The van der Waals surface area contributed by atoms with Crippen LogP contribution in [-0.4, -0.2) is 20.6 Å². The highest BCUT2D eigenvalue weighted by molar-refractivity contribution is 7.98. The molecule has 0 fully saturated rings. The number of hydrogen-bond acceptors (Lipinski definition) is 5. The molecule has 3 aromatic rings. The third-order valence-electron chi connectivity index (χ3n) is 3.88. The van der Waals surface area contributed by atoms with E-state index in [1.54, 1.807) is 30.3 Å². The Morgan fingerprint density at radius 3 is 2.21 bits per heavy atom. The lowest BCUT2D eigenvalue weighted by molar-refractivity contribution is -0.114. The van der Waals surface area contributed by atoms with E-state index in [4.69, 9.17) is 4.74 Å². The molecule has 0 spiro atoms. The van der Waals surface area contributed by atoms with Gasteiger partial charge >= 0.3 is 0 Å². The van der Waals surface area contributed by atoms with Crippen LogP contribution in [0.5, 0.6) is 11.5 Å². The predicted molar refractivity (Wildman–Crippen MR) is 116 cm³/mol. The number of benzene rings is 3. The number of carbonyl (C=O) groups is 1. The van der Waals surface area contributed by atoms with E-state index in [0.29, 0.717) is 22.9 Å². The van der Waals surface area contributed by atoms with Gasteiger partial charge in [0.2, 0.25) is 5.91 Å². The van der Waals surface area contributed by atoms with Gasteiger partial charge in [0, 0.05) is 17.5 Å². The van der Waals surface area contributed by atoms with Crippen molar-refractivity contribution in [3.05, 3.63) is 72.8 Å². The zero-order chi connectivity index (χ0) is 20.9. The molecule has 2 N–H and O–H groups in total. The van der Waals surface area contributed by atoms with Crippen LogP contribution >= 0.6 is 11.8 Å². The molecule has 0 saturated heterocycles. The molecule has 0 radical (unpaired) electrons. The minimum Gasteiger partial charge on any atom is -0.457 e. The first-order valence-electron chi connectivity index (χ1n) is 8.69. The maximum Gasteiger partial charge on any atom is 0.261 e. The Hall–Kier alpha value is -2.97. The first-order chi connectivity index (χ1) is 13.9. The third kappa shape index (κ3) is 5.52. The van der Waals surface area contributed by atoms with Gasteiger partial charge in [-0.25, -0.2) is 8.42 Å². The fourth-order valence-corrected chi connectivity index (χ4v) is 4.19. The molecule has 3 rings (SSSR count). The smallest absolute Gasteiger partial charge is 0.261 e. The molecule has 0 heterocycles. The van der Waals surface area contributed by atoms with Crippen molar-refractivity contribution in [2.24, 2.45) is 0 Å². The Balaban J connectivity index is 1.77. The van der Waals surface area contributed by atoms with Crippen LogP contribution in [0.2, 0.25) is 0 Å². The monoisotopic (exact) mass is 428 g/mol. The fourth-order valence-electron chi connectivity index (χ4n) is 2.57. The lowest BCUT2D eigenvalue weighted by Gasteiger charge is -2.13. The van der Waals surface area contributed by atoms with Crippen molar-refractivity contribution >= 4 is 39.1 Å². The summed E-state index contributed by atoms with van der Waals surface area (Å²) in [6.07, 6.45) is 1.85. The molecule has 29 heavy (non-hydrogen) atoms. The van der Waals surface area contributed by atoms with Crippen molar-refractivity contribution in [1.29, 1.82) is 0 Å². The van der Waals surface area contributed by atoms with Gasteiger partial charge in [0.05, 0.1) is 10.6 Å². The molecule has 0 aliphatic rings. The molecule has 0 atom stereocenters. The Labute approximate surface area is 174 Å². The van der Waals surface area contributed by atoms with E-state index in [0.717, 1.165) is 4.90 Å². The van der Waals surface area contributed by atoms with Gasteiger partial charge in [0.25, 0.3) is 10.0 Å². The van der Waals surface area contributed by atoms with Crippen molar-refractivity contribution in [3.8, 4) is 11.5 Å². The van der Waals surface area contributed by atoms with Crippen LogP contribution in [0.25, 0.3) is 0 Å². The minimum atomic E-state index is -3.82. The van der Waals surface area contributed by atoms with Crippen molar-refractivity contribution < 1.29 is 17.9 Å². The predicted octanol–water partition coefficient (Wildman–Crippen LogP) is 4.96. The molecular formula is C21H20N2O4S2. The summed E-state index contributed by atoms with van der Waals surface area (Å²) in [7, 11) is -3.82. The molecule has 8 heteroatoms. The van der Waals surface area contributed by atoms with Gasteiger partial charge in [-0.1, -0.05) is 18.2 Å². The second-order valence-corrected chi connectivity index (χ2v) is 8.62. The van der Waals surface area contributed by atoms with Gasteiger partial charge in [-0.3, -0.25) is 9.52 Å². The van der Waals surface area contributed by atoms with E-state index in [2.05, 4.69) is 10.0 Å². The Bertz CT molecular complexity index is 1100. The van der Waals surface area contributed by atoms with Crippen molar-refractivity contribution in [2.75, 3.05) is 16.3 Å². The van der Waals surface area contributed by atoms with Crippen LogP contribution in [0.3, 0.4) is 0 Å². The molecule has 0 aliphatic carbocycles. The summed E-state index contributed by atoms with van der Waals surface area (Å²) < 4.78 is 33.8. The van der Waals surface area contributed by atoms with Gasteiger partial charge in [0.1, 0.15) is 11.5 Å². The summed E-state index contributed by atoms with van der Waals surface area (Å²) in [4.78, 5) is 12.2. The average Bonchev–Trinajstić information content (AvgIpc) is 2.69.